The molecule has 0 aliphatic rings. The smallest absolute Gasteiger partial charge is 0.408 e. The van der Waals surface area contributed by atoms with Crippen molar-refractivity contribution in [2.45, 2.75) is 31.2 Å². The molecule has 0 saturated heterocycles. The Kier molecular flexibility index (Phi) is 6.90. The van der Waals surface area contributed by atoms with Crippen molar-refractivity contribution in [3.05, 3.63) is 78.7 Å². The summed E-state index contributed by atoms with van der Waals surface area (Å²) in [5.74, 6) is -1.19. The summed E-state index contributed by atoms with van der Waals surface area (Å²) in [5.41, 5.74) is 6.85. The molecule has 0 atom stereocenters. The van der Waals surface area contributed by atoms with Crippen molar-refractivity contribution < 1.29 is 27.5 Å². The van der Waals surface area contributed by atoms with Gasteiger partial charge < -0.3 is 16.2 Å². The maximum Gasteiger partial charge on any atom is 0.408 e. The zero-order valence-corrected chi connectivity index (χ0v) is 21.8. The predicted octanol–water partition coefficient (Wildman–Crippen LogP) is 4.98. The Labute approximate surface area is 219 Å². The van der Waals surface area contributed by atoms with Gasteiger partial charge in [-0.1, -0.05) is 24.3 Å². The molecule has 0 bridgehead atoms. The highest BCUT2D eigenvalue weighted by Gasteiger charge is 2.28. The Hall–Kier alpha value is -4.38. The zero-order valence-electron chi connectivity index (χ0n) is 21.0. The summed E-state index contributed by atoms with van der Waals surface area (Å²) in [6, 6.07) is 16.4. The molecule has 1 aromatic heterocycles. The Morgan fingerprint density at radius 2 is 1.74 bits per heavy atom. The van der Waals surface area contributed by atoms with Crippen LogP contribution in [0, 0.1) is 5.82 Å². The lowest BCUT2D eigenvalue weighted by Gasteiger charge is -2.32. The summed E-state index contributed by atoms with van der Waals surface area (Å²) in [4.78, 5) is 25.4. The molecule has 38 heavy (non-hydrogen) atoms. The van der Waals surface area contributed by atoms with Gasteiger partial charge in [-0.05, 0) is 68.8 Å². The summed E-state index contributed by atoms with van der Waals surface area (Å²) in [7, 11) is -4.05. The van der Waals surface area contributed by atoms with E-state index >= 15 is 0 Å². The highest BCUT2D eigenvalue weighted by molar-refractivity contribution is 7.90. The molecule has 0 unspecified atom stereocenters. The Morgan fingerprint density at radius 1 is 1.05 bits per heavy atom. The number of benzene rings is 3. The van der Waals surface area contributed by atoms with Crippen LogP contribution >= 0.6 is 0 Å². The number of hydrogen-bond donors (Lipinski definition) is 3. The molecule has 11 heteroatoms. The fourth-order valence-corrected chi connectivity index (χ4v) is 5.45. The molecule has 0 aliphatic carbocycles. The molecule has 0 radical (unpaired) electrons. The summed E-state index contributed by atoms with van der Waals surface area (Å²) in [5, 5.41) is 12.6. The van der Waals surface area contributed by atoms with Crippen LogP contribution in [-0.2, 0) is 14.8 Å². The van der Waals surface area contributed by atoms with E-state index in [0.717, 1.165) is 14.9 Å². The molecule has 4 N–H and O–H groups in total. The lowest BCUT2D eigenvalue weighted by atomic mass is 10.0. The molecule has 3 aromatic carbocycles. The molecular weight excluding hydrogens is 511 g/mol. The van der Waals surface area contributed by atoms with Crippen LogP contribution in [0.2, 0.25) is 0 Å². The molecule has 0 fully saturated rings. The van der Waals surface area contributed by atoms with Gasteiger partial charge in [0.1, 0.15) is 12.4 Å². The van der Waals surface area contributed by atoms with Gasteiger partial charge in [0.2, 0.25) is 5.91 Å². The number of halogens is 1. The number of rotatable bonds is 6. The summed E-state index contributed by atoms with van der Waals surface area (Å²) < 4.78 is 42.1. The van der Waals surface area contributed by atoms with E-state index < -0.39 is 39.9 Å². The molecule has 1 heterocycles. The molecule has 198 valence electrons. The number of carbonyl (C=O) groups excluding carboxylic acids is 1. The highest BCUT2D eigenvalue weighted by atomic mass is 32.2. The molecule has 2 amide bonds. The maximum absolute atomic E-state index is 14.2. The predicted molar refractivity (Wildman–Crippen MR) is 144 cm³/mol. The highest BCUT2D eigenvalue weighted by Crippen LogP contribution is 2.36. The molecule has 0 aliphatic heterocycles. The first-order chi connectivity index (χ1) is 17.8. The van der Waals surface area contributed by atoms with Gasteiger partial charge >= 0.3 is 6.09 Å². The third kappa shape index (κ3) is 5.18. The van der Waals surface area contributed by atoms with Crippen molar-refractivity contribution in [1.82, 2.24) is 8.87 Å². The van der Waals surface area contributed by atoms with E-state index in [0.29, 0.717) is 16.5 Å². The van der Waals surface area contributed by atoms with Crippen molar-refractivity contribution in [1.29, 1.82) is 0 Å². The Morgan fingerprint density at radius 3 is 2.37 bits per heavy atom. The molecule has 4 aromatic rings. The minimum Gasteiger partial charge on any atom is -0.465 e. The van der Waals surface area contributed by atoms with E-state index in [1.165, 1.54) is 30.5 Å². The Bertz CT molecular complexity index is 1640. The Balaban J connectivity index is 1.77. The van der Waals surface area contributed by atoms with Crippen LogP contribution < -0.4 is 11.1 Å². The minimum absolute atomic E-state index is 0.0415. The standard InChI is InChI=1S/C27H27FN4O5S/c1-27(2,3)31(26(34)35)16-25(33)30-23-13-17(9-12-22(23)29)21-15-32(24-14-18(28)10-11-20(21)24)38(36,37)19-7-5-4-6-8-19/h4-15H,16,29H2,1-3H3,(H,30,33)(H,34,35). The van der Waals surface area contributed by atoms with Gasteiger partial charge in [-0.15, -0.1) is 0 Å². The number of amides is 2. The summed E-state index contributed by atoms with van der Waals surface area (Å²) in [6.45, 7) is 4.60. The van der Waals surface area contributed by atoms with E-state index in [2.05, 4.69) is 5.32 Å². The van der Waals surface area contributed by atoms with Crippen LogP contribution in [0.15, 0.2) is 77.8 Å². The number of aromatic nitrogens is 1. The number of carboxylic acid groups (broad SMARTS) is 1. The SMILES string of the molecule is CC(C)(C)N(CC(=O)Nc1cc(-c2cn(S(=O)(=O)c3ccccc3)c3cc(F)ccc23)ccc1N)C(=O)O. The largest absolute Gasteiger partial charge is 0.465 e. The van der Waals surface area contributed by atoms with E-state index in [1.54, 1.807) is 57.2 Å². The first-order valence-electron chi connectivity index (χ1n) is 11.6. The third-order valence-electron chi connectivity index (χ3n) is 6.01. The molecule has 4 rings (SSSR count). The van der Waals surface area contributed by atoms with E-state index in [1.807, 2.05) is 0 Å². The average Bonchev–Trinajstić information content (AvgIpc) is 3.23. The first kappa shape index (κ1) is 26.7. The zero-order chi connectivity index (χ0) is 27.8. The van der Waals surface area contributed by atoms with Crippen LogP contribution in [0.25, 0.3) is 22.0 Å². The van der Waals surface area contributed by atoms with Gasteiger partial charge in [0.25, 0.3) is 10.0 Å². The minimum atomic E-state index is -4.05. The van der Waals surface area contributed by atoms with Gasteiger partial charge in [0.15, 0.2) is 0 Å². The van der Waals surface area contributed by atoms with Gasteiger partial charge in [-0.25, -0.2) is 21.6 Å². The van der Waals surface area contributed by atoms with Crippen LogP contribution in [0.5, 0.6) is 0 Å². The fraction of sp³-hybridized carbons (Fsp3) is 0.185. The lowest BCUT2D eigenvalue weighted by Crippen LogP contribution is -2.48. The quantitative estimate of drug-likeness (QED) is 0.296. The number of nitrogens with zero attached hydrogens (tertiary/aromatic N) is 2. The third-order valence-corrected chi connectivity index (χ3v) is 7.70. The topological polar surface area (TPSA) is 135 Å². The number of fused-ring (bicyclic) bond motifs is 1. The molecule has 9 nitrogen and oxygen atoms in total. The second-order valence-corrected chi connectivity index (χ2v) is 11.5. The van der Waals surface area contributed by atoms with Crippen LogP contribution in [0.4, 0.5) is 20.6 Å². The number of nitrogen functional groups attached to an aromatic ring is 1. The second kappa shape index (κ2) is 9.82. The van der Waals surface area contributed by atoms with E-state index in [4.69, 9.17) is 5.73 Å². The normalized spacial score (nSPS) is 11.9. The van der Waals surface area contributed by atoms with Gasteiger partial charge in [-0.2, -0.15) is 0 Å². The van der Waals surface area contributed by atoms with Gasteiger partial charge in [-0.3, -0.25) is 9.69 Å². The molecular formula is C27H27FN4O5S. The monoisotopic (exact) mass is 538 g/mol. The number of hydrogen-bond acceptors (Lipinski definition) is 5. The summed E-state index contributed by atoms with van der Waals surface area (Å²) in [6.07, 6.45) is 0.157. The first-order valence-corrected chi connectivity index (χ1v) is 13.0. The fourth-order valence-electron chi connectivity index (χ4n) is 4.06. The van der Waals surface area contributed by atoms with Gasteiger partial charge in [0, 0.05) is 22.7 Å². The molecule has 0 spiro atoms. The summed E-state index contributed by atoms with van der Waals surface area (Å²) >= 11 is 0. The van der Waals surface area contributed by atoms with E-state index in [9.17, 15) is 27.5 Å². The maximum atomic E-state index is 14.2. The lowest BCUT2D eigenvalue weighted by molar-refractivity contribution is -0.118. The van der Waals surface area contributed by atoms with Crippen LogP contribution in [-0.4, -0.2) is 46.5 Å². The van der Waals surface area contributed by atoms with Crippen molar-refractivity contribution in [3.63, 3.8) is 0 Å². The van der Waals surface area contributed by atoms with Crippen molar-refractivity contribution in [3.8, 4) is 11.1 Å². The van der Waals surface area contributed by atoms with E-state index in [-0.39, 0.29) is 21.8 Å². The van der Waals surface area contributed by atoms with Crippen molar-refractivity contribution >= 4 is 44.3 Å². The number of carbonyl (C=O) groups is 2. The van der Waals surface area contributed by atoms with Crippen molar-refractivity contribution in [2.24, 2.45) is 0 Å². The second-order valence-electron chi connectivity index (χ2n) is 9.71. The number of anilines is 2. The average molecular weight is 539 g/mol. The molecule has 0 saturated carbocycles. The number of nitrogens with two attached hydrogens (primary N) is 1. The van der Waals surface area contributed by atoms with Crippen LogP contribution in [0.1, 0.15) is 20.8 Å². The van der Waals surface area contributed by atoms with Crippen LogP contribution in [0.3, 0.4) is 0 Å². The van der Waals surface area contributed by atoms with Crippen molar-refractivity contribution in [2.75, 3.05) is 17.6 Å². The number of nitrogens with one attached hydrogen (secondary N) is 1. The van der Waals surface area contributed by atoms with Gasteiger partial charge in [0.05, 0.1) is 21.8 Å².